The summed E-state index contributed by atoms with van der Waals surface area (Å²) >= 11 is 1.67. The smallest absolute Gasteiger partial charge is 0.191 e. The molecule has 0 amide bonds. The van der Waals surface area contributed by atoms with Gasteiger partial charge in [0.1, 0.15) is 9.84 Å². The molecule has 0 aliphatic rings. The van der Waals surface area contributed by atoms with Gasteiger partial charge in [-0.25, -0.2) is 13.4 Å². The summed E-state index contributed by atoms with van der Waals surface area (Å²) in [6.07, 6.45) is 3.72. The average molecular weight is 409 g/mol. The molecule has 0 fully saturated rings. The number of nitrogens with one attached hydrogen (secondary N) is 2. The van der Waals surface area contributed by atoms with E-state index < -0.39 is 9.84 Å². The lowest BCUT2D eigenvalue weighted by Gasteiger charge is -2.17. The van der Waals surface area contributed by atoms with Gasteiger partial charge in [-0.2, -0.15) is 0 Å². The lowest BCUT2D eigenvalue weighted by atomic mass is 10.1. The molecule has 6 nitrogen and oxygen atoms in total. The van der Waals surface area contributed by atoms with E-state index >= 15 is 0 Å². The van der Waals surface area contributed by atoms with Crippen molar-refractivity contribution >= 4 is 27.1 Å². The van der Waals surface area contributed by atoms with Gasteiger partial charge in [-0.3, -0.25) is 4.99 Å². The fraction of sp³-hybridized carbons (Fsp3) is 0.474. The Morgan fingerprint density at radius 3 is 2.67 bits per heavy atom. The molecule has 27 heavy (non-hydrogen) atoms. The topological polar surface area (TPSA) is 83.4 Å². The van der Waals surface area contributed by atoms with Gasteiger partial charge in [0.25, 0.3) is 0 Å². The van der Waals surface area contributed by atoms with Crippen molar-refractivity contribution in [3.8, 4) is 0 Å². The minimum absolute atomic E-state index is 0.0165. The molecule has 1 aromatic heterocycles. The minimum Gasteiger partial charge on any atom is -0.354 e. The summed E-state index contributed by atoms with van der Waals surface area (Å²) in [6, 6.07) is 10.4. The summed E-state index contributed by atoms with van der Waals surface area (Å²) < 4.78 is 22.5. The minimum atomic E-state index is -2.95. The summed E-state index contributed by atoms with van der Waals surface area (Å²) in [6.45, 7) is 2.53. The van der Waals surface area contributed by atoms with Gasteiger partial charge in [0.15, 0.2) is 5.96 Å². The zero-order chi connectivity index (χ0) is 19.7. The molecule has 8 heteroatoms. The molecule has 0 aliphatic carbocycles. The van der Waals surface area contributed by atoms with Crippen LogP contribution in [0.1, 0.15) is 29.6 Å². The number of aromatic nitrogens is 1. The second kappa shape index (κ2) is 10.4. The van der Waals surface area contributed by atoms with Gasteiger partial charge in [-0.15, -0.1) is 11.3 Å². The van der Waals surface area contributed by atoms with Crippen LogP contribution in [0.25, 0.3) is 0 Å². The predicted octanol–water partition coefficient (Wildman–Crippen LogP) is 2.42. The molecule has 148 valence electrons. The van der Waals surface area contributed by atoms with Gasteiger partial charge in [0, 0.05) is 31.1 Å². The van der Waals surface area contributed by atoms with Crippen LogP contribution in [0.5, 0.6) is 0 Å². The first kappa shape index (κ1) is 21.4. The van der Waals surface area contributed by atoms with Crippen LogP contribution in [-0.4, -0.2) is 44.5 Å². The molecule has 0 bridgehead atoms. The fourth-order valence-electron chi connectivity index (χ4n) is 2.51. The maximum Gasteiger partial charge on any atom is 0.191 e. The average Bonchev–Trinajstić information content (AvgIpc) is 3.10. The Kier molecular flexibility index (Phi) is 8.24. The van der Waals surface area contributed by atoms with E-state index in [9.17, 15) is 8.42 Å². The summed E-state index contributed by atoms with van der Waals surface area (Å²) in [5, 5.41) is 9.64. The number of nitrogens with zero attached hydrogens (tertiary/aromatic N) is 2. The predicted molar refractivity (Wildman–Crippen MR) is 113 cm³/mol. The van der Waals surface area contributed by atoms with Crippen LogP contribution < -0.4 is 10.6 Å². The van der Waals surface area contributed by atoms with Gasteiger partial charge in [0.05, 0.1) is 23.0 Å². The number of guanidine groups is 1. The molecule has 0 aliphatic heterocycles. The number of thiazole rings is 1. The van der Waals surface area contributed by atoms with Crippen LogP contribution in [0.4, 0.5) is 0 Å². The van der Waals surface area contributed by atoms with Crippen molar-refractivity contribution in [2.75, 3.05) is 19.1 Å². The van der Waals surface area contributed by atoms with E-state index in [2.05, 4.69) is 50.3 Å². The molecule has 1 unspecified atom stereocenters. The number of sulfone groups is 1. The Morgan fingerprint density at radius 1 is 1.26 bits per heavy atom. The van der Waals surface area contributed by atoms with Crippen LogP contribution in [0.2, 0.25) is 0 Å². The maximum atomic E-state index is 11.3. The standard InChI is InChI=1S/C19H28N4O2S2/c1-15(11-12-27(3,24)25)22-19(20-2)21-13-17-14-26-18(23-17)10-9-16-7-5-4-6-8-16/h4-8,14-15H,9-13H2,1-3H3,(H2,20,21,22). The highest BCUT2D eigenvalue weighted by Gasteiger charge is 2.10. The zero-order valence-corrected chi connectivity index (χ0v) is 17.7. The summed E-state index contributed by atoms with van der Waals surface area (Å²) in [5.74, 6) is 0.810. The van der Waals surface area contributed by atoms with Crippen LogP contribution in [0.3, 0.4) is 0 Å². The fourth-order valence-corrected chi connectivity index (χ4v) is 4.09. The lowest BCUT2D eigenvalue weighted by molar-refractivity contribution is 0.581. The van der Waals surface area contributed by atoms with E-state index in [0.29, 0.717) is 18.9 Å². The molecule has 0 saturated carbocycles. The number of hydrogen-bond donors (Lipinski definition) is 2. The maximum absolute atomic E-state index is 11.3. The summed E-state index contributed by atoms with van der Waals surface area (Å²) in [5.41, 5.74) is 2.30. The molecule has 0 saturated heterocycles. The van der Waals surface area contributed by atoms with E-state index in [-0.39, 0.29) is 11.8 Å². The number of aliphatic imine (C=N–C) groups is 1. The molecule has 1 heterocycles. The van der Waals surface area contributed by atoms with Crippen LogP contribution in [0, 0.1) is 0 Å². The van der Waals surface area contributed by atoms with Gasteiger partial charge in [-0.1, -0.05) is 30.3 Å². The third-order valence-electron chi connectivity index (χ3n) is 4.04. The number of aryl methyl sites for hydroxylation is 2. The highest BCUT2D eigenvalue weighted by molar-refractivity contribution is 7.90. The molecule has 2 rings (SSSR count). The van der Waals surface area contributed by atoms with Crippen LogP contribution >= 0.6 is 11.3 Å². The third kappa shape index (κ3) is 8.53. The van der Waals surface area contributed by atoms with E-state index in [0.717, 1.165) is 23.5 Å². The number of rotatable bonds is 9. The number of hydrogen-bond acceptors (Lipinski definition) is 5. The Hall–Kier alpha value is -1.93. The largest absolute Gasteiger partial charge is 0.354 e. The molecule has 0 radical (unpaired) electrons. The Labute approximate surface area is 166 Å². The molecule has 2 aromatic rings. The quantitative estimate of drug-likeness (QED) is 0.492. The van der Waals surface area contributed by atoms with Gasteiger partial charge >= 0.3 is 0 Å². The molecule has 0 spiro atoms. The van der Waals surface area contributed by atoms with Crippen molar-refractivity contribution in [1.29, 1.82) is 0 Å². The van der Waals surface area contributed by atoms with Crippen molar-refractivity contribution in [3.63, 3.8) is 0 Å². The molecule has 2 N–H and O–H groups in total. The molecule has 1 aromatic carbocycles. The Balaban J connectivity index is 1.77. The first-order valence-corrected chi connectivity index (χ1v) is 11.9. The van der Waals surface area contributed by atoms with Crippen molar-refractivity contribution in [1.82, 2.24) is 15.6 Å². The number of benzene rings is 1. The van der Waals surface area contributed by atoms with E-state index in [4.69, 9.17) is 0 Å². The summed E-state index contributed by atoms with van der Waals surface area (Å²) in [4.78, 5) is 8.86. The van der Waals surface area contributed by atoms with Gasteiger partial charge in [-0.05, 0) is 25.3 Å². The summed E-state index contributed by atoms with van der Waals surface area (Å²) in [7, 11) is -1.25. The highest BCUT2D eigenvalue weighted by Crippen LogP contribution is 2.13. The second-order valence-corrected chi connectivity index (χ2v) is 9.81. The Bertz CT molecular complexity index is 832. The Morgan fingerprint density at radius 2 is 2.00 bits per heavy atom. The van der Waals surface area contributed by atoms with E-state index in [1.165, 1.54) is 11.8 Å². The first-order valence-electron chi connectivity index (χ1n) is 8.98. The second-order valence-electron chi connectivity index (χ2n) is 6.61. The van der Waals surface area contributed by atoms with Crippen LogP contribution in [-0.2, 0) is 29.2 Å². The first-order chi connectivity index (χ1) is 12.9. The van der Waals surface area contributed by atoms with Crippen LogP contribution in [0.15, 0.2) is 40.7 Å². The molecular formula is C19H28N4O2S2. The highest BCUT2D eigenvalue weighted by atomic mass is 32.2. The van der Waals surface area contributed by atoms with E-state index in [1.54, 1.807) is 18.4 Å². The molecule has 1 atom stereocenters. The van der Waals surface area contributed by atoms with Crippen molar-refractivity contribution in [2.24, 2.45) is 4.99 Å². The monoisotopic (exact) mass is 408 g/mol. The SMILES string of the molecule is CN=C(NCc1csc(CCc2ccccc2)n1)NC(C)CCS(C)(=O)=O. The van der Waals surface area contributed by atoms with E-state index in [1.807, 2.05) is 13.0 Å². The van der Waals surface area contributed by atoms with Crippen molar-refractivity contribution < 1.29 is 8.42 Å². The molecular weight excluding hydrogens is 380 g/mol. The van der Waals surface area contributed by atoms with Crippen molar-refractivity contribution in [3.05, 3.63) is 52.0 Å². The zero-order valence-electron chi connectivity index (χ0n) is 16.1. The van der Waals surface area contributed by atoms with Gasteiger partial charge in [0.2, 0.25) is 0 Å². The lowest BCUT2D eigenvalue weighted by Crippen LogP contribution is -2.42. The van der Waals surface area contributed by atoms with Gasteiger partial charge < -0.3 is 10.6 Å². The normalized spacial score (nSPS) is 13.4. The van der Waals surface area contributed by atoms with Crippen molar-refractivity contribution in [2.45, 2.75) is 38.8 Å². The third-order valence-corrected chi connectivity index (χ3v) is 5.97.